The third-order valence-electron chi connectivity index (χ3n) is 2.67. The number of aromatic nitrogens is 2. The van der Waals surface area contributed by atoms with Crippen LogP contribution in [-0.4, -0.2) is 21.7 Å². The molecule has 1 heterocycles. The van der Waals surface area contributed by atoms with E-state index in [1.807, 2.05) is 25.6 Å². The van der Waals surface area contributed by atoms with Crippen molar-refractivity contribution in [1.82, 2.24) is 15.1 Å². The molecule has 1 atom stereocenters. The molecule has 0 bridgehead atoms. The van der Waals surface area contributed by atoms with Gasteiger partial charge in [0.05, 0.1) is 11.7 Å². The van der Waals surface area contributed by atoms with Crippen molar-refractivity contribution in [1.29, 1.82) is 0 Å². The molecule has 0 aliphatic heterocycles. The number of carbonyl (C=O) groups is 1. The summed E-state index contributed by atoms with van der Waals surface area (Å²) < 4.78 is 1.83. The number of hydrogen-bond donors (Lipinski definition) is 2. The predicted octanol–water partition coefficient (Wildman–Crippen LogP) is 0.000340. The lowest BCUT2D eigenvalue weighted by molar-refractivity contribution is -0.119. The third kappa shape index (κ3) is 2.56. The van der Waals surface area contributed by atoms with Crippen molar-refractivity contribution < 1.29 is 4.79 Å². The molecule has 1 aromatic rings. The maximum absolute atomic E-state index is 10.8. The Balaban J connectivity index is 2.69. The normalized spacial score (nSPS) is 12.8. The molecule has 0 aliphatic rings. The van der Waals surface area contributed by atoms with E-state index in [4.69, 9.17) is 5.73 Å². The summed E-state index contributed by atoms with van der Waals surface area (Å²) in [5.74, 6) is -0.339. The highest BCUT2D eigenvalue weighted by Crippen LogP contribution is 2.11. The topological polar surface area (TPSA) is 72.9 Å². The standard InChI is InChI=1S/C10H18N4O/c1-6-9(8(3)14(4)13-6)5-12-7(2)10(11)15/h7,12H,5H2,1-4H3,(H2,11,15). The van der Waals surface area contributed by atoms with Crippen LogP contribution in [0.15, 0.2) is 0 Å². The lowest BCUT2D eigenvalue weighted by Crippen LogP contribution is -2.38. The van der Waals surface area contributed by atoms with E-state index in [1.54, 1.807) is 6.92 Å². The fraction of sp³-hybridized carbons (Fsp3) is 0.600. The fourth-order valence-corrected chi connectivity index (χ4v) is 1.43. The minimum atomic E-state index is -0.339. The molecule has 0 radical (unpaired) electrons. The first-order valence-corrected chi connectivity index (χ1v) is 4.95. The van der Waals surface area contributed by atoms with Crippen LogP contribution in [0.1, 0.15) is 23.9 Å². The van der Waals surface area contributed by atoms with Gasteiger partial charge in [0.2, 0.25) is 5.91 Å². The van der Waals surface area contributed by atoms with E-state index in [1.165, 1.54) is 0 Å². The zero-order chi connectivity index (χ0) is 11.6. The molecule has 15 heavy (non-hydrogen) atoms. The van der Waals surface area contributed by atoms with Crippen LogP contribution in [0.4, 0.5) is 0 Å². The second kappa shape index (κ2) is 4.44. The molecule has 84 valence electrons. The maximum Gasteiger partial charge on any atom is 0.234 e. The van der Waals surface area contributed by atoms with Crippen molar-refractivity contribution in [2.75, 3.05) is 0 Å². The summed E-state index contributed by atoms with van der Waals surface area (Å²) >= 11 is 0. The Morgan fingerprint density at radius 2 is 2.20 bits per heavy atom. The summed E-state index contributed by atoms with van der Waals surface area (Å²) in [5.41, 5.74) is 8.38. The Bertz CT molecular complexity index is 370. The first-order chi connectivity index (χ1) is 6.93. The van der Waals surface area contributed by atoms with Gasteiger partial charge in [0.15, 0.2) is 0 Å². The van der Waals surface area contributed by atoms with Crippen LogP contribution in [0.5, 0.6) is 0 Å². The number of carbonyl (C=O) groups excluding carboxylic acids is 1. The SMILES string of the molecule is Cc1nn(C)c(C)c1CNC(C)C(N)=O. The van der Waals surface area contributed by atoms with Crippen molar-refractivity contribution in [2.24, 2.45) is 12.8 Å². The van der Waals surface area contributed by atoms with Gasteiger partial charge in [0.25, 0.3) is 0 Å². The van der Waals surface area contributed by atoms with Crippen molar-refractivity contribution >= 4 is 5.91 Å². The second-order valence-corrected chi connectivity index (χ2v) is 3.78. The van der Waals surface area contributed by atoms with E-state index in [-0.39, 0.29) is 11.9 Å². The van der Waals surface area contributed by atoms with E-state index < -0.39 is 0 Å². The van der Waals surface area contributed by atoms with Crippen LogP contribution in [0.3, 0.4) is 0 Å². The van der Waals surface area contributed by atoms with Gasteiger partial charge in [-0.2, -0.15) is 5.10 Å². The number of amides is 1. The number of primary amides is 1. The molecule has 1 aromatic heterocycles. The molecule has 1 rings (SSSR count). The van der Waals surface area contributed by atoms with E-state index in [0.717, 1.165) is 17.0 Å². The van der Waals surface area contributed by atoms with Crippen molar-refractivity contribution in [3.8, 4) is 0 Å². The van der Waals surface area contributed by atoms with Crippen LogP contribution < -0.4 is 11.1 Å². The molecule has 0 fully saturated rings. The molecule has 5 nitrogen and oxygen atoms in total. The van der Waals surface area contributed by atoms with Crippen molar-refractivity contribution in [3.05, 3.63) is 17.0 Å². The van der Waals surface area contributed by atoms with Crippen LogP contribution in [-0.2, 0) is 18.4 Å². The first kappa shape index (κ1) is 11.7. The lowest BCUT2D eigenvalue weighted by atomic mass is 10.2. The van der Waals surface area contributed by atoms with Gasteiger partial charge in [0, 0.05) is 24.8 Å². The Morgan fingerprint density at radius 1 is 1.60 bits per heavy atom. The van der Waals surface area contributed by atoms with Crippen LogP contribution >= 0.6 is 0 Å². The van der Waals surface area contributed by atoms with E-state index in [9.17, 15) is 4.79 Å². The number of hydrogen-bond acceptors (Lipinski definition) is 3. The summed E-state index contributed by atoms with van der Waals surface area (Å²) in [6.07, 6.45) is 0. The highest BCUT2D eigenvalue weighted by molar-refractivity contribution is 5.79. The van der Waals surface area contributed by atoms with Gasteiger partial charge in [-0.25, -0.2) is 0 Å². The van der Waals surface area contributed by atoms with Crippen LogP contribution in [0.2, 0.25) is 0 Å². The fourth-order valence-electron chi connectivity index (χ4n) is 1.43. The molecular formula is C10H18N4O. The summed E-state index contributed by atoms with van der Waals surface area (Å²) in [6, 6.07) is -0.316. The predicted molar refractivity (Wildman–Crippen MR) is 58.2 cm³/mol. The van der Waals surface area contributed by atoms with Gasteiger partial charge >= 0.3 is 0 Å². The molecule has 5 heteroatoms. The summed E-state index contributed by atoms with van der Waals surface area (Å²) in [7, 11) is 1.91. The third-order valence-corrected chi connectivity index (χ3v) is 2.67. The molecule has 0 saturated heterocycles. The lowest BCUT2D eigenvalue weighted by Gasteiger charge is -2.09. The van der Waals surface area contributed by atoms with Crippen molar-refractivity contribution in [3.63, 3.8) is 0 Å². The molecule has 3 N–H and O–H groups in total. The molecule has 1 amide bonds. The van der Waals surface area contributed by atoms with E-state index in [0.29, 0.717) is 6.54 Å². The molecule has 0 aliphatic carbocycles. The number of nitrogens with two attached hydrogens (primary N) is 1. The number of nitrogens with zero attached hydrogens (tertiary/aromatic N) is 2. The number of nitrogens with one attached hydrogen (secondary N) is 1. The quantitative estimate of drug-likeness (QED) is 0.734. The first-order valence-electron chi connectivity index (χ1n) is 4.95. The van der Waals surface area contributed by atoms with Gasteiger partial charge in [0.1, 0.15) is 0 Å². The van der Waals surface area contributed by atoms with Gasteiger partial charge in [-0.3, -0.25) is 9.48 Å². The second-order valence-electron chi connectivity index (χ2n) is 3.78. The smallest absolute Gasteiger partial charge is 0.234 e. The monoisotopic (exact) mass is 210 g/mol. The highest BCUT2D eigenvalue weighted by atomic mass is 16.1. The van der Waals surface area contributed by atoms with E-state index >= 15 is 0 Å². The number of aryl methyl sites for hydroxylation is 2. The Labute approximate surface area is 89.6 Å². The minimum Gasteiger partial charge on any atom is -0.368 e. The summed E-state index contributed by atoms with van der Waals surface area (Å²) in [6.45, 7) is 6.34. The van der Waals surface area contributed by atoms with Gasteiger partial charge in [-0.05, 0) is 20.8 Å². The number of rotatable bonds is 4. The zero-order valence-electron chi connectivity index (χ0n) is 9.66. The van der Waals surface area contributed by atoms with E-state index in [2.05, 4.69) is 10.4 Å². The van der Waals surface area contributed by atoms with Crippen LogP contribution in [0.25, 0.3) is 0 Å². The molecule has 0 saturated carbocycles. The van der Waals surface area contributed by atoms with Crippen molar-refractivity contribution in [2.45, 2.75) is 33.4 Å². The average molecular weight is 210 g/mol. The van der Waals surface area contributed by atoms with Gasteiger partial charge in [-0.1, -0.05) is 0 Å². The van der Waals surface area contributed by atoms with Gasteiger partial charge in [-0.15, -0.1) is 0 Å². The molecule has 0 spiro atoms. The zero-order valence-corrected chi connectivity index (χ0v) is 9.66. The maximum atomic E-state index is 10.8. The Morgan fingerprint density at radius 3 is 2.60 bits per heavy atom. The molecule has 1 unspecified atom stereocenters. The minimum absolute atomic E-state index is 0.316. The summed E-state index contributed by atoms with van der Waals surface area (Å²) in [5, 5.41) is 7.36. The largest absolute Gasteiger partial charge is 0.368 e. The average Bonchev–Trinajstić information content (AvgIpc) is 2.38. The van der Waals surface area contributed by atoms with Crippen LogP contribution in [0, 0.1) is 13.8 Å². The molecule has 0 aromatic carbocycles. The Kier molecular flexibility index (Phi) is 3.47. The van der Waals surface area contributed by atoms with Gasteiger partial charge < -0.3 is 11.1 Å². The highest BCUT2D eigenvalue weighted by Gasteiger charge is 2.12. The molecular weight excluding hydrogens is 192 g/mol. The Hall–Kier alpha value is -1.36. The summed E-state index contributed by atoms with van der Waals surface area (Å²) in [4.78, 5) is 10.8.